The van der Waals surface area contributed by atoms with E-state index in [4.69, 9.17) is 21.1 Å². The summed E-state index contributed by atoms with van der Waals surface area (Å²) in [5.74, 6) is 1.09. The molecule has 0 aliphatic rings. The summed E-state index contributed by atoms with van der Waals surface area (Å²) in [7, 11) is 3.12. The minimum absolute atomic E-state index is 0.410. The molecule has 0 aliphatic heterocycles. The molecule has 0 N–H and O–H groups in total. The first kappa shape index (κ1) is 9.98. The summed E-state index contributed by atoms with van der Waals surface area (Å²) in [5, 5.41) is 0.410. The maximum atomic E-state index is 5.80. The van der Waals surface area contributed by atoms with E-state index in [2.05, 4.69) is 9.97 Å². The Morgan fingerprint density at radius 3 is 2.60 bits per heavy atom. The predicted molar refractivity (Wildman–Crippen MR) is 57.7 cm³/mol. The number of nitrogens with zero attached hydrogens (tertiary/aromatic N) is 2. The molecule has 2 aromatic rings. The van der Waals surface area contributed by atoms with E-state index in [1.165, 1.54) is 0 Å². The molecular weight excluding hydrogens is 216 g/mol. The smallest absolute Gasteiger partial charge is 0.217 e. The molecule has 0 fully saturated rings. The Morgan fingerprint density at radius 1 is 1.13 bits per heavy atom. The lowest BCUT2D eigenvalue weighted by Crippen LogP contribution is -1.94. The van der Waals surface area contributed by atoms with Gasteiger partial charge in [0.2, 0.25) is 5.88 Å². The molecule has 0 amide bonds. The summed E-state index contributed by atoms with van der Waals surface area (Å²) in [6.45, 7) is 0. The number of rotatable bonds is 2. The quantitative estimate of drug-likeness (QED) is 0.735. The van der Waals surface area contributed by atoms with Gasteiger partial charge in [0.05, 0.1) is 19.7 Å². The van der Waals surface area contributed by atoms with Gasteiger partial charge in [-0.2, -0.15) is 0 Å². The Morgan fingerprint density at radius 2 is 1.93 bits per heavy atom. The highest BCUT2D eigenvalue weighted by Gasteiger charge is 2.08. The molecular formula is C10H9ClN2O2. The summed E-state index contributed by atoms with van der Waals surface area (Å²) < 4.78 is 10.2. The molecule has 0 saturated carbocycles. The number of hydrogen-bond acceptors (Lipinski definition) is 4. The Kier molecular flexibility index (Phi) is 2.60. The molecule has 2 heterocycles. The lowest BCUT2D eigenvalue weighted by atomic mass is 10.3. The summed E-state index contributed by atoms with van der Waals surface area (Å²) >= 11 is 5.80. The van der Waals surface area contributed by atoms with Gasteiger partial charge in [0.15, 0.2) is 5.75 Å². The molecule has 0 unspecified atom stereocenters. The van der Waals surface area contributed by atoms with Crippen LogP contribution in [-0.2, 0) is 0 Å². The number of methoxy groups -OCH3 is 2. The van der Waals surface area contributed by atoms with Crippen LogP contribution in [0.25, 0.3) is 11.0 Å². The fourth-order valence-electron chi connectivity index (χ4n) is 1.29. The monoisotopic (exact) mass is 224 g/mol. The fourth-order valence-corrected chi connectivity index (χ4v) is 1.44. The Bertz CT molecular complexity index is 502. The molecule has 78 valence electrons. The maximum absolute atomic E-state index is 5.80. The highest BCUT2D eigenvalue weighted by atomic mass is 35.5. The first-order chi connectivity index (χ1) is 7.24. The van der Waals surface area contributed by atoms with Crippen LogP contribution in [-0.4, -0.2) is 24.2 Å². The third-order valence-electron chi connectivity index (χ3n) is 1.99. The number of fused-ring (bicyclic) bond motifs is 1. The first-order valence-corrected chi connectivity index (χ1v) is 4.67. The van der Waals surface area contributed by atoms with E-state index in [1.807, 2.05) is 0 Å². The minimum Gasteiger partial charge on any atom is -0.494 e. The zero-order valence-electron chi connectivity index (χ0n) is 8.32. The molecule has 0 aromatic carbocycles. The zero-order chi connectivity index (χ0) is 10.8. The van der Waals surface area contributed by atoms with Crippen molar-refractivity contribution in [2.75, 3.05) is 14.2 Å². The second kappa shape index (κ2) is 3.90. The van der Waals surface area contributed by atoms with Gasteiger partial charge in [-0.05, 0) is 12.1 Å². The molecule has 0 saturated heterocycles. The number of aromatic nitrogens is 2. The largest absolute Gasteiger partial charge is 0.494 e. The van der Waals surface area contributed by atoms with E-state index >= 15 is 0 Å². The molecule has 15 heavy (non-hydrogen) atoms. The van der Waals surface area contributed by atoms with Crippen LogP contribution in [0.5, 0.6) is 11.6 Å². The van der Waals surface area contributed by atoms with Crippen LogP contribution in [0.3, 0.4) is 0 Å². The number of pyridine rings is 2. The van der Waals surface area contributed by atoms with Crippen LogP contribution in [0.1, 0.15) is 0 Å². The fraction of sp³-hybridized carbons (Fsp3) is 0.200. The van der Waals surface area contributed by atoms with Gasteiger partial charge in [0, 0.05) is 6.07 Å². The predicted octanol–water partition coefficient (Wildman–Crippen LogP) is 2.30. The summed E-state index contributed by atoms with van der Waals surface area (Å²) in [6.07, 6.45) is 0. The molecule has 0 spiro atoms. The maximum Gasteiger partial charge on any atom is 0.217 e. The topological polar surface area (TPSA) is 44.2 Å². The minimum atomic E-state index is 0.410. The van der Waals surface area contributed by atoms with E-state index in [-0.39, 0.29) is 0 Å². The van der Waals surface area contributed by atoms with E-state index in [9.17, 15) is 0 Å². The van der Waals surface area contributed by atoms with Crippen LogP contribution in [0.2, 0.25) is 5.15 Å². The Labute approximate surface area is 91.8 Å². The molecule has 0 bridgehead atoms. The van der Waals surface area contributed by atoms with Gasteiger partial charge in [0.1, 0.15) is 10.7 Å². The highest BCUT2D eigenvalue weighted by Crippen LogP contribution is 2.27. The number of halogens is 1. The Balaban J connectivity index is 2.75. The van der Waals surface area contributed by atoms with Gasteiger partial charge in [-0.3, -0.25) is 0 Å². The van der Waals surface area contributed by atoms with Crippen molar-refractivity contribution in [3.8, 4) is 11.6 Å². The van der Waals surface area contributed by atoms with Crippen LogP contribution in [0, 0.1) is 0 Å². The highest BCUT2D eigenvalue weighted by molar-refractivity contribution is 6.29. The van der Waals surface area contributed by atoms with E-state index in [0.717, 1.165) is 0 Å². The van der Waals surface area contributed by atoms with Gasteiger partial charge >= 0.3 is 0 Å². The van der Waals surface area contributed by atoms with Crippen molar-refractivity contribution in [2.45, 2.75) is 0 Å². The van der Waals surface area contributed by atoms with Gasteiger partial charge < -0.3 is 9.47 Å². The van der Waals surface area contributed by atoms with Gasteiger partial charge in [-0.15, -0.1) is 0 Å². The molecule has 2 aromatic heterocycles. The molecule has 0 aliphatic carbocycles. The van der Waals surface area contributed by atoms with E-state index < -0.39 is 0 Å². The van der Waals surface area contributed by atoms with Crippen LogP contribution >= 0.6 is 11.6 Å². The van der Waals surface area contributed by atoms with Gasteiger partial charge in [0.25, 0.3) is 0 Å². The zero-order valence-corrected chi connectivity index (χ0v) is 9.08. The molecule has 2 rings (SSSR count). The van der Waals surface area contributed by atoms with Gasteiger partial charge in [-0.1, -0.05) is 11.6 Å². The molecule has 4 nitrogen and oxygen atoms in total. The molecule has 0 atom stereocenters. The normalized spacial score (nSPS) is 10.3. The van der Waals surface area contributed by atoms with Crippen molar-refractivity contribution in [1.82, 2.24) is 9.97 Å². The average Bonchev–Trinajstić information content (AvgIpc) is 2.27. The van der Waals surface area contributed by atoms with Gasteiger partial charge in [-0.25, -0.2) is 9.97 Å². The summed E-state index contributed by atoms with van der Waals surface area (Å²) in [4.78, 5) is 8.36. The van der Waals surface area contributed by atoms with Crippen LogP contribution in [0.4, 0.5) is 0 Å². The van der Waals surface area contributed by atoms with E-state index in [0.29, 0.717) is 27.8 Å². The number of hydrogen-bond donors (Lipinski definition) is 0. The molecule has 0 radical (unpaired) electrons. The Hall–Kier alpha value is -1.55. The SMILES string of the molecule is COc1cc(OC)c2nc(Cl)ccc2n1. The second-order valence-corrected chi connectivity index (χ2v) is 3.26. The lowest BCUT2D eigenvalue weighted by Gasteiger charge is -2.06. The van der Waals surface area contributed by atoms with E-state index in [1.54, 1.807) is 32.4 Å². The standard InChI is InChI=1S/C10H9ClN2O2/c1-14-7-5-9(15-2)12-6-3-4-8(11)13-10(6)7/h3-5H,1-2H3. The average molecular weight is 225 g/mol. The molecule has 5 heteroatoms. The summed E-state index contributed by atoms with van der Waals surface area (Å²) in [5.41, 5.74) is 1.32. The van der Waals surface area contributed by atoms with Crippen molar-refractivity contribution in [3.63, 3.8) is 0 Å². The first-order valence-electron chi connectivity index (χ1n) is 4.30. The summed E-state index contributed by atoms with van der Waals surface area (Å²) in [6, 6.07) is 5.12. The van der Waals surface area contributed by atoms with Crippen LogP contribution in [0.15, 0.2) is 18.2 Å². The van der Waals surface area contributed by atoms with Crippen molar-refractivity contribution < 1.29 is 9.47 Å². The van der Waals surface area contributed by atoms with Crippen molar-refractivity contribution in [1.29, 1.82) is 0 Å². The number of ether oxygens (including phenoxy) is 2. The lowest BCUT2D eigenvalue weighted by molar-refractivity contribution is 0.386. The van der Waals surface area contributed by atoms with Crippen LogP contribution < -0.4 is 9.47 Å². The second-order valence-electron chi connectivity index (χ2n) is 2.87. The van der Waals surface area contributed by atoms with Crippen molar-refractivity contribution >= 4 is 22.6 Å². The third kappa shape index (κ3) is 1.80. The van der Waals surface area contributed by atoms with Crippen molar-refractivity contribution in [2.24, 2.45) is 0 Å². The van der Waals surface area contributed by atoms with Crippen molar-refractivity contribution in [3.05, 3.63) is 23.4 Å². The third-order valence-corrected chi connectivity index (χ3v) is 2.20.